The topological polar surface area (TPSA) is 37.8 Å². The molecule has 2 aliphatic carbocycles. The van der Waals surface area contributed by atoms with Crippen LogP contribution >= 0.6 is 11.3 Å². The Kier molecular flexibility index (Phi) is 2.21. The Morgan fingerprint density at radius 2 is 2.22 bits per heavy atom. The van der Waals surface area contributed by atoms with Crippen LogP contribution in [0.1, 0.15) is 22.1 Å². The van der Waals surface area contributed by atoms with Gasteiger partial charge in [-0.3, -0.25) is 0 Å². The summed E-state index contributed by atoms with van der Waals surface area (Å²) >= 11 is 1.64. The molecule has 0 amide bonds. The average molecular weight is 257 g/mol. The molecule has 0 radical (unpaired) electrons. The Balaban J connectivity index is 1.43. The Hall–Kier alpha value is -1.42. The van der Waals surface area contributed by atoms with Crippen LogP contribution < -0.4 is 5.32 Å². The molecule has 2 aromatic rings. The smallest absolute Gasteiger partial charge is 0.205 e. The normalized spacial score (nSPS) is 27.7. The van der Waals surface area contributed by atoms with E-state index in [0.29, 0.717) is 0 Å². The highest BCUT2D eigenvalue weighted by Gasteiger charge is 2.54. The first-order valence-corrected chi connectivity index (χ1v) is 7.26. The summed E-state index contributed by atoms with van der Waals surface area (Å²) in [4.78, 5) is 0. The number of anilines is 1. The summed E-state index contributed by atoms with van der Waals surface area (Å²) in [5, 5.41) is 13.6. The summed E-state index contributed by atoms with van der Waals surface area (Å²) in [6.45, 7) is 3.03. The number of nitrogens with one attached hydrogen (secondary N) is 1. The maximum atomic E-state index is 4.11. The molecule has 3 unspecified atom stereocenters. The van der Waals surface area contributed by atoms with Gasteiger partial charge in [0, 0.05) is 6.54 Å². The third-order valence-corrected chi connectivity index (χ3v) is 5.01. The lowest BCUT2D eigenvalue weighted by Gasteiger charge is -2.07. The third-order valence-electron chi connectivity index (χ3n) is 4.22. The zero-order valence-electron chi connectivity index (χ0n) is 10.3. The van der Waals surface area contributed by atoms with E-state index in [1.54, 1.807) is 22.5 Å². The first kappa shape index (κ1) is 10.5. The van der Waals surface area contributed by atoms with Crippen molar-refractivity contribution in [3.63, 3.8) is 0 Å². The summed E-state index contributed by atoms with van der Waals surface area (Å²) in [7, 11) is 0. The van der Waals surface area contributed by atoms with Crippen LogP contribution in [-0.2, 0) is 6.42 Å². The fraction of sp³-hybridized carbons (Fsp3) is 0.429. The Bertz CT molecular complexity index is 592. The van der Waals surface area contributed by atoms with Crippen LogP contribution in [0.25, 0.3) is 0 Å². The highest BCUT2D eigenvalue weighted by Crippen LogP contribution is 2.61. The van der Waals surface area contributed by atoms with E-state index in [2.05, 4.69) is 39.8 Å². The van der Waals surface area contributed by atoms with E-state index in [-0.39, 0.29) is 0 Å². The van der Waals surface area contributed by atoms with Crippen molar-refractivity contribution in [2.45, 2.75) is 19.3 Å². The molecule has 1 fully saturated rings. The Labute approximate surface area is 110 Å². The minimum Gasteiger partial charge on any atom is -0.360 e. The van der Waals surface area contributed by atoms with Gasteiger partial charge in [-0.25, -0.2) is 0 Å². The predicted molar refractivity (Wildman–Crippen MR) is 73.0 cm³/mol. The molecule has 4 rings (SSSR count). The van der Waals surface area contributed by atoms with Gasteiger partial charge < -0.3 is 5.32 Å². The second-order valence-corrected chi connectivity index (χ2v) is 6.45. The van der Waals surface area contributed by atoms with E-state index in [1.165, 1.54) is 6.42 Å². The quantitative estimate of drug-likeness (QED) is 0.918. The van der Waals surface area contributed by atoms with Crippen molar-refractivity contribution in [2.75, 3.05) is 11.9 Å². The molecular weight excluding hydrogens is 242 g/mol. The van der Waals surface area contributed by atoms with Crippen molar-refractivity contribution >= 4 is 16.5 Å². The molecule has 4 heteroatoms. The van der Waals surface area contributed by atoms with Crippen molar-refractivity contribution < 1.29 is 0 Å². The van der Waals surface area contributed by atoms with Gasteiger partial charge in [-0.2, -0.15) is 0 Å². The molecule has 0 spiro atoms. The van der Waals surface area contributed by atoms with Crippen LogP contribution in [0.4, 0.5) is 5.13 Å². The fourth-order valence-electron chi connectivity index (χ4n) is 3.34. The zero-order chi connectivity index (χ0) is 12.1. The van der Waals surface area contributed by atoms with Crippen LogP contribution in [0.15, 0.2) is 24.3 Å². The summed E-state index contributed by atoms with van der Waals surface area (Å²) in [6, 6.07) is 8.90. The number of aryl methyl sites for hydroxylation is 1. The molecule has 1 heterocycles. The molecule has 18 heavy (non-hydrogen) atoms. The van der Waals surface area contributed by atoms with Crippen molar-refractivity contribution in [1.82, 2.24) is 10.2 Å². The summed E-state index contributed by atoms with van der Waals surface area (Å²) < 4.78 is 0. The van der Waals surface area contributed by atoms with E-state index in [9.17, 15) is 0 Å². The molecule has 92 valence electrons. The van der Waals surface area contributed by atoms with Crippen molar-refractivity contribution in [3.8, 4) is 0 Å². The lowest BCUT2D eigenvalue weighted by Crippen LogP contribution is -2.07. The van der Waals surface area contributed by atoms with E-state index in [4.69, 9.17) is 0 Å². The van der Waals surface area contributed by atoms with Crippen molar-refractivity contribution in [3.05, 3.63) is 40.4 Å². The number of nitrogens with zero attached hydrogens (tertiary/aromatic N) is 2. The highest BCUT2D eigenvalue weighted by atomic mass is 32.1. The lowest BCUT2D eigenvalue weighted by molar-refractivity contribution is 0.718. The second-order valence-electron chi connectivity index (χ2n) is 5.26. The minimum absolute atomic E-state index is 0.794. The Morgan fingerprint density at radius 1 is 1.33 bits per heavy atom. The van der Waals surface area contributed by atoms with Gasteiger partial charge in [0.2, 0.25) is 5.13 Å². The molecule has 0 bridgehead atoms. The summed E-state index contributed by atoms with van der Waals surface area (Å²) in [5.74, 6) is 2.45. The van der Waals surface area contributed by atoms with Gasteiger partial charge in [-0.1, -0.05) is 35.6 Å². The zero-order valence-corrected chi connectivity index (χ0v) is 11.1. The first-order valence-electron chi connectivity index (χ1n) is 6.45. The average Bonchev–Trinajstić information content (AvgIpc) is 2.74. The number of hydrogen-bond donors (Lipinski definition) is 1. The van der Waals surface area contributed by atoms with Crippen LogP contribution in [0.2, 0.25) is 0 Å². The van der Waals surface area contributed by atoms with E-state index in [1.807, 2.05) is 6.92 Å². The van der Waals surface area contributed by atoms with Crippen LogP contribution in [0.3, 0.4) is 0 Å². The van der Waals surface area contributed by atoms with Crippen molar-refractivity contribution in [1.29, 1.82) is 0 Å². The molecule has 1 aromatic heterocycles. The van der Waals surface area contributed by atoms with E-state index < -0.39 is 0 Å². The summed E-state index contributed by atoms with van der Waals surface area (Å²) in [6.07, 6.45) is 1.27. The van der Waals surface area contributed by atoms with Gasteiger partial charge in [0.15, 0.2) is 0 Å². The number of rotatable bonds is 3. The SMILES string of the molecule is Cc1nnc(NCC2C3Cc4ccccc4C23)s1. The molecule has 1 saturated carbocycles. The number of benzene rings is 1. The Morgan fingerprint density at radius 3 is 3.06 bits per heavy atom. The number of fused-ring (bicyclic) bond motifs is 3. The van der Waals surface area contributed by atoms with Gasteiger partial charge in [0.05, 0.1) is 0 Å². The molecule has 3 nitrogen and oxygen atoms in total. The van der Waals surface area contributed by atoms with Crippen LogP contribution in [0.5, 0.6) is 0 Å². The van der Waals surface area contributed by atoms with Gasteiger partial charge >= 0.3 is 0 Å². The maximum absolute atomic E-state index is 4.11. The number of aromatic nitrogens is 2. The molecule has 1 aromatic carbocycles. The molecule has 0 saturated heterocycles. The highest BCUT2D eigenvalue weighted by molar-refractivity contribution is 7.15. The van der Waals surface area contributed by atoms with Gasteiger partial charge in [0.25, 0.3) is 0 Å². The molecular formula is C14H15N3S. The molecule has 1 N–H and O–H groups in total. The predicted octanol–water partition coefficient (Wildman–Crippen LogP) is 2.84. The number of hydrogen-bond acceptors (Lipinski definition) is 4. The minimum atomic E-state index is 0.794. The lowest BCUT2D eigenvalue weighted by atomic mass is 10.0. The largest absolute Gasteiger partial charge is 0.360 e. The second kappa shape index (κ2) is 3.79. The monoisotopic (exact) mass is 257 g/mol. The maximum Gasteiger partial charge on any atom is 0.205 e. The molecule has 0 aliphatic heterocycles. The standard InChI is InChI=1S/C14H15N3S/c1-8-16-17-14(18-8)15-7-12-11-6-9-4-2-3-5-10(9)13(11)12/h2-5,11-13H,6-7H2,1H3,(H,15,17). The van der Waals surface area contributed by atoms with Crippen LogP contribution in [0, 0.1) is 18.8 Å². The molecule has 3 atom stereocenters. The summed E-state index contributed by atoms with van der Waals surface area (Å²) in [5.41, 5.74) is 3.15. The third kappa shape index (κ3) is 1.56. The first-order chi connectivity index (χ1) is 8.83. The van der Waals surface area contributed by atoms with Gasteiger partial charge in [0.1, 0.15) is 5.01 Å². The van der Waals surface area contributed by atoms with Gasteiger partial charge in [-0.05, 0) is 42.2 Å². The van der Waals surface area contributed by atoms with Gasteiger partial charge in [-0.15, -0.1) is 10.2 Å². The fourth-order valence-corrected chi connectivity index (χ4v) is 3.93. The molecule has 2 aliphatic rings. The van der Waals surface area contributed by atoms with E-state index in [0.717, 1.165) is 34.4 Å². The van der Waals surface area contributed by atoms with E-state index >= 15 is 0 Å². The van der Waals surface area contributed by atoms with Crippen molar-refractivity contribution in [2.24, 2.45) is 11.8 Å². The van der Waals surface area contributed by atoms with Crippen LogP contribution in [-0.4, -0.2) is 16.7 Å².